The third-order valence-corrected chi connectivity index (χ3v) is 4.16. The van der Waals surface area contributed by atoms with Crippen molar-refractivity contribution in [1.29, 1.82) is 0 Å². The fraction of sp³-hybridized carbons (Fsp3) is 0.375. The van der Waals surface area contributed by atoms with E-state index in [4.69, 9.17) is 5.11 Å². The molecule has 1 aliphatic rings. The molecule has 0 spiro atoms. The van der Waals surface area contributed by atoms with Crippen LogP contribution in [0.4, 0.5) is 4.39 Å². The van der Waals surface area contributed by atoms with Gasteiger partial charge in [-0.2, -0.15) is 5.10 Å². The van der Waals surface area contributed by atoms with Crippen LogP contribution < -0.4 is 0 Å². The van der Waals surface area contributed by atoms with Gasteiger partial charge in [0.15, 0.2) is 11.4 Å². The average molecular weight is 319 g/mol. The Hall–Kier alpha value is -2.41. The lowest BCUT2D eigenvalue weighted by atomic mass is 9.98. The van der Waals surface area contributed by atoms with Crippen molar-refractivity contribution in [1.82, 2.24) is 14.7 Å². The summed E-state index contributed by atoms with van der Waals surface area (Å²) in [5.74, 6) is -0.933. The number of hydrogen-bond donors (Lipinski definition) is 2. The number of piperidine rings is 1. The molecule has 2 heterocycles. The monoisotopic (exact) mass is 319 g/mol. The number of aliphatic hydroxyl groups excluding tert-OH is 1. The minimum Gasteiger partial charge on any atom is -0.504 e. The van der Waals surface area contributed by atoms with Gasteiger partial charge in [-0.25, -0.2) is 9.07 Å². The van der Waals surface area contributed by atoms with Gasteiger partial charge in [-0.15, -0.1) is 0 Å². The second kappa shape index (κ2) is 6.37. The standard InChI is InChI=1S/C16H18FN3O3/c17-12-3-1-2-4-13(12)20-9-14(22)15(18-20)16(23)19-7-5-11(10-21)6-8-19/h1-4,9,11,21-22H,5-8,10H2. The Kier molecular flexibility index (Phi) is 4.29. The molecule has 0 bridgehead atoms. The highest BCUT2D eigenvalue weighted by Gasteiger charge is 2.27. The number of benzene rings is 1. The molecule has 122 valence electrons. The highest BCUT2D eigenvalue weighted by molar-refractivity contribution is 5.94. The van der Waals surface area contributed by atoms with Crippen molar-refractivity contribution < 1.29 is 19.4 Å². The lowest BCUT2D eigenvalue weighted by Gasteiger charge is -2.30. The number of amides is 1. The summed E-state index contributed by atoms with van der Waals surface area (Å²) in [5.41, 5.74) is 0.0801. The maximum absolute atomic E-state index is 13.8. The first-order chi connectivity index (χ1) is 11.1. The van der Waals surface area contributed by atoms with Crippen molar-refractivity contribution in [3.8, 4) is 11.4 Å². The minimum absolute atomic E-state index is 0.0873. The summed E-state index contributed by atoms with van der Waals surface area (Å²) in [6, 6.07) is 6.01. The van der Waals surface area contributed by atoms with E-state index in [1.165, 1.54) is 23.0 Å². The first kappa shape index (κ1) is 15.5. The van der Waals surface area contributed by atoms with Gasteiger partial charge in [0.1, 0.15) is 11.5 Å². The van der Waals surface area contributed by atoms with E-state index in [-0.39, 0.29) is 35.6 Å². The summed E-state index contributed by atoms with van der Waals surface area (Å²) < 4.78 is 15.0. The average Bonchev–Trinajstić information content (AvgIpc) is 2.96. The van der Waals surface area contributed by atoms with E-state index in [0.717, 1.165) is 12.8 Å². The van der Waals surface area contributed by atoms with Gasteiger partial charge >= 0.3 is 0 Å². The Bertz CT molecular complexity index is 708. The second-order valence-corrected chi connectivity index (χ2v) is 5.68. The number of carbonyl (C=O) groups excluding carboxylic acids is 1. The molecular formula is C16H18FN3O3. The van der Waals surface area contributed by atoms with E-state index in [1.54, 1.807) is 17.0 Å². The van der Waals surface area contributed by atoms with Crippen LogP contribution in [0.5, 0.6) is 5.75 Å². The number of carbonyl (C=O) groups is 1. The molecule has 3 rings (SSSR count). The van der Waals surface area contributed by atoms with Crippen molar-refractivity contribution in [2.24, 2.45) is 5.92 Å². The lowest BCUT2D eigenvalue weighted by molar-refractivity contribution is 0.0642. The van der Waals surface area contributed by atoms with Crippen molar-refractivity contribution >= 4 is 5.91 Å². The zero-order valence-electron chi connectivity index (χ0n) is 12.5. The predicted octanol–water partition coefficient (Wildman–Crippen LogP) is 1.56. The molecular weight excluding hydrogens is 301 g/mol. The quantitative estimate of drug-likeness (QED) is 0.900. The zero-order valence-corrected chi connectivity index (χ0v) is 12.5. The molecule has 0 aliphatic carbocycles. The summed E-state index contributed by atoms with van der Waals surface area (Å²) in [7, 11) is 0. The van der Waals surface area contributed by atoms with Gasteiger partial charge in [0.25, 0.3) is 5.91 Å². The molecule has 2 aromatic rings. The first-order valence-electron chi connectivity index (χ1n) is 7.54. The van der Waals surface area contributed by atoms with Crippen LogP contribution in [-0.4, -0.2) is 50.5 Å². The highest BCUT2D eigenvalue weighted by Crippen LogP contribution is 2.24. The van der Waals surface area contributed by atoms with E-state index in [2.05, 4.69) is 5.10 Å². The van der Waals surface area contributed by atoms with Crippen LogP contribution in [0.2, 0.25) is 0 Å². The van der Waals surface area contributed by atoms with Crippen LogP contribution in [0.3, 0.4) is 0 Å². The molecule has 1 aromatic heterocycles. The number of rotatable bonds is 3. The van der Waals surface area contributed by atoms with Crippen molar-refractivity contribution in [2.75, 3.05) is 19.7 Å². The molecule has 1 aliphatic heterocycles. The van der Waals surface area contributed by atoms with E-state index < -0.39 is 5.82 Å². The summed E-state index contributed by atoms with van der Waals surface area (Å²) in [6.45, 7) is 1.14. The van der Waals surface area contributed by atoms with Gasteiger partial charge in [-0.05, 0) is 30.9 Å². The predicted molar refractivity (Wildman–Crippen MR) is 80.9 cm³/mol. The van der Waals surface area contributed by atoms with Crippen LogP contribution in [0.1, 0.15) is 23.3 Å². The second-order valence-electron chi connectivity index (χ2n) is 5.68. The van der Waals surface area contributed by atoms with E-state index in [9.17, 15) is 14.3 Å². The normalized spacial score (nSPS) is 15.8. The molecule has 2 N–H and O–H groups in total. The minimum atomic E-state index is -0.488. The van der Waals surface area contributed by atoms with Crippen LogP contribution in [0.15, 0.2) is 30.5 Å². The summed E-state index contributed by atoms with van der Waals surface area (Å²) in [5, 5.41) is 23.2. The topological polar surface area (TPSA) is 78.6 Å². The van der Waals surface area contributed by atoms with Crippen molar-refractivity contribution in [3.63, 3.8) is 0 Å². The third-order valence-electron chi connectivity index (χ3n) is 4.16. The summed E-state index contributed by atoms with van der Waals surface area (Å²) in [4.78, 5) is 14.1. The Balaban J connectivity index is 1.81. The van der Waals surface area contributed by atoms with Crippen molar-refractivity contribution in [2.45, 2.75) is 12.8 Å². The number of aromatic nitrogens is 2. The van der Waals surface area contributed by atoms with Gasteiger partial charge < -0.3 is 15.1 Å². The maximum Gasteiger partial charge on any atom is 0.278 e. The third kappa shape index (κ3) is 3.05. The van der Waals surface area contributed by atoms with E-state index in [1.807, 2.05) is 0 Å². The lowest BCUT2D eigenvalue weighted by Crippen LogP contribution is -2.39. The van der Waals surface area contributed by atoms with Crippen LogP contribution >= 0.6 is 0 Å². The molecule has 1 saturated heterocycles. The molecule has 1 aromatic carbocycles. The molecule has 0 radical (unpaired) electrons. The largest absolute Gasteiger partial charge is 0.504 e. The molecule has 1 amide bonds. The van der Waals surface area contributed by atoms with Gasteiger partial charge in [-0.3, -0.25) is 4.79 Å². The number of likely N-dealkylation sites (tertiary alicyclic amines) is 1. The smallest absolute Gasteiger partial charge is 0.278 e. The Morgan fingerprint density at radius 2 is 2.00 bits per heavy atom. The van der Waals surface area contributed by atoms with Crippen LogP contribution in [-0.2, 0) is 0 Å². The maximum atomic E-state index is 13.8. The van der Waals surface area contributed by atoms with E-state index in [0.29, 0.717) is 13.1 Å². The number of para-hydroxylation sites is 1. The first-order valence-corrected chi connectivity index (χ1v) is 7.54. The molecule has 6 nitrogen and oxygen atoms in total. The molecule has 1 fully saturated rings. The number of nitrogens with zero attached hydrogens (tertiary/aromatic N) is 3. The fourth-order valence-corrected chi connectivity index (χ4v) is 2.75. The summed E-state index contributed by atoms with van der Waals surface area (Å²) >= 11 is 0. The Labute approximate surface area is 132 Å². The van der Waals surface area contributed by atoms with Gasteiger partial charge in [0.05, 0.1) is 6.20 Å². The zero-order chi connectivity index (χ0) is 16.4. The number of aliphatic hydroxyl groups is 1. The van der Waals surface area contributed by atoms with Crippen LogP contribution in [0, 0.1) is 11.7 Å². The molecule has 7 heteroatoms. The summed E-state index contributed by atoms with van der Waals surface area (Å²) in [6.07, 6.45) is 2.67. The van der Waals surface area contributed by atoms with E-state index >= 15 is 0 Å². The Morgan fingerprint density at radius 3 is 2.65 bits per heavy atom. The fourth-order valence-electron chi connectivity index (χ4n) is 2.75. The van der Waals surface area contributed by atoms with Crippen molar-refractivity contribution in [3.05, 3.63) is 42.0 Å². The SMILES string of the molecule is O=C(c1nn(-c2ccccc2F)cc1O)N1CCC(CO)CC1. The number of hydrogen-bond acceptors (Lipinski definition) is 4. The molecule has 0 unspecified atom stereocenters. The molecule has 23 heavy (non-hydrogen) atoms. The Morgan fingerprint density at radius 1 is 1.30 bits per heavy atom. The molecule has 0 atom stereocenters. The van der Waals surface area contributed by atoms with Gasteiger partial charge in [0, 0.05) is 19.7 Å². The number of aromatic hydroxyl groups is 1. The van der Waals surface area contributed by atoms with Crippen LogP contribution in [0.25, 0.3) is 5.69 Å². The van der Waals surface area contributed by atoms with Gasteiger partial charge in [0.2, 0.25) is 0 Å². The highest BCUT2D eigenvalue weighted by atomic mass is 19.1. The van der Waals surface area contributed by atoms with Gasteiger partial charge in [-0.1, -0.05) is 12.1 Å². The molecule has 0 saturated carbocycles. The number of halogens is 1.